The number of hydrogen-bond donors (Lipinski definition) is 2. The van der Waals surface area contributed by atoms with E-state index in [2.05, 4.69) is 4.72 Å². The molecule has 1 atom stereocenters. The molecule has 0 bridgehead atoms. The van der Waals surface area contributed by atoms with Crippen molar-refractivity contribution >= 4 is 10.0 Å². The van der Waals surface area contributed by atoms with E-state index in [1.807, 2.05) is 90.9 Å². The highest BCUT2D eigenvalue weighted by atomic mass is 32.2. The molecule has 2 N–H and O–H groups in total. The van der Waals surface area contributed by atoms with Crippen molar-refractivity contribution in [1.82, 2.24) is 4.72 Å². The third kappa shape index (κ3) is 5.66. The third-order valence-corrected chi connectivity index (χ3v) is 7.26. The molecule has 0 radical (unpaired) electrons. The van der Waals surface area contributed by atoms with E-state index < -0.39 is 16.1 Å². The number of sulfonamides is 1. The van der Waals surface area contributed by atoms with Crippen LogP contribution in [0.15, 0.2) is 71.6 Å². The molecule has 0 aliphatic heterocycles. The SMILES string of the molecule is Cc1ccc(S(=O)(=O)NC(c2ccccc2)c2cc(C(C)(C)C)c(O)c(C(C)(C)C)c2)cc1. The molecule has 0 spiro atoms. The summed E-state index contributed by atoms with van der Waals surface area (Å²) < 4.78 is 29.7. The molecule has 3 rings (SSSR count). The van der Waals surface area contributed by atoms with E-state index in [4.69, 9.17) is 0 Å². The molecule has 3 aromatic rings. The van der Waals surface area contributed by atoms with Crippen LogP contribution in [-0.2, 0) is 20.9 Å². The van der Waals surface area contributed by atoms with Crippen LogP contribution in [0.25, 0.3) is 0 Å². The molecule has 0 aliphatic carbocycles. The number of phenolic OH excluding ortho intramolecular Hbond substituents is 1. The second-order valence-corrected chi connectivity index (χ2v) is 12.5. The van der Waals surface area contributed by atoms with Gasteiger partial charge in [0.2, 0.25) is 10.0 Å². The Morgan fingerprint density at radius 1 is 0.758 bits per heavy atom. The van der Waals surface area contributed by atoms with Crippen LogP contribution in [0.5, 0.6) is 5.75 Å². The van der Waals surface area contributed by atoms with Crippen LogP contribution in [0.2, 0.25) is 0 Å². The second-order valence-electron chi connectivity index (χ2n) is 10.7. The molecule has 0 aliphatic rings. The van der Waals surface area contributed by atoms with Crippen molar-refractivity contribution < 1.29 is 13.5 Å². The lowest BCUT2D eigenvalue weighted by Crippen LogP contribution is -2.30. The Kier molecular flexibility index (Phi) is 6.79. The molecule has 33 heavy (non-hydrogen) atoms. The van der Waals surface area contributed by atoms with Crippen LogP contribution in [0, 0.1) is 6.92 Å². The number of hydrogen-bond acceptors (Lipinski definition) is 3. The van der Waals surface area contributed by atoms with Crippen LogP contribution >= 0.6 is 0 Å². The van der Waals surface area contributed by atoms with Crippen LogP contribution in [0.1, 0.15) is 75.4 Å². The van der Waals surface area contributed by atoms with Gasteiger partial charge in [0, 0.05) is 0 Å². The molecule has 0 saturated carbocycles. The number of rotatable bonds is 5. The van der Waals surface area contributed by atoms with Gasteiger partial charge in [-0.25, -0.2) is 8.42 Å². The Morgan fingerprint density at radius 2 is 1.24 bits per heavy atom. The van der Waals surface area contributed by atoms with Crippen molar-refractivity contribution in [2.45, 2.75) is 70.2 Å². The fourth-order valence-electron chi connectivity index (χ4n) is 3.88. The summed E-state index contributed by atoms with van der Waals surface area (Å²) in [5, 5.41) is 11.1. The minimum Gasteiger partial charge on any atom is -0.507 e. The molecule has 0 saturated heterocycles. The lowest BCUT2D eigenvalue weighted by molar-refractivity contribution is 0.422. The lowest BCUT2D eigenvalue weighted by Gasteiger charge is -2.30. The maximum atomic E-state index is 13.4. The minimum absolute atomic E-state index is 0.222. The molecule has 1 unspecified atom stereocenters. The summed E-state index contributed by atoms with van der Waals surface area (Å²) in [6.45, 7) is 14.2. The normalized spacial score (nSPS) is 13.7. The summed E-state index contributed by atoms with van der Waals surface area (Å²) >= 11 is 0. The fraction of sp³-hybridized carbons (Fsp3) is 0.357. The van der Waals surface area contributed by atoms with Crippen molar-refractivity contribution in [2.75, 3.05) is 0 Å². The maximum Gasteiger partial charge on any atom is 0.241 e. The van der Waals surface area contributed by atoms with Crippen LogP contribution in [0.4, 0.5) is 0 Å². The smallest absolute Gasteiger partial charge is 0.241 e. The van der Waals surface area contributed by atoms with Crippen molar-refractivity contribution in [2.24, 2.45) is 0 Å². The highest BCUT2D eigenvalue weighted by molar-refractivity contribution is 7.89. The molecular weight excluding hydrogens is 430 g/mol. The largest absolute Gasteiger partial charge is 0.507 e. The van der Waals surface area contributed by atoms with Gasteiger partial charge in [-0.1, -0.05) is 89.6 Å². The van der Waals surface area contributed by atoms with Gasteiger partial charge in [-0.05, 0) is 64.3 Å². The Balaban J connectivity index is 2.23. The lowest BCUT2D eigenvalue weighted by atomic mass is 9.77. The third-order valence-electron chi connectivity index (χ3n) is 5.82. The summed E-state index contributed by atoms with van der Waals surface area (Å²) in [4.78, 5) is 0.222. The standard InChI is InChI=1S/C28H35NO3S/c1-19-13-15-22(16-14-19)33(31,32)29-25(20-11-9-8-10-12-20)21-17-23(27(2,3)4)26(30)24(18-21)28(5,6)7/h8-18,25,29-30H,1-7H3. The van der Waals surface area contributed by atoms with Crippen molar-refractivity contribution in [3.63, 3.8) is 0 Å². The van der Waals surface area contributed by atoms with Crippen molar-refractivity contribution in [3.8, 4) is 5.75 Å². The van der Waals surface area contributed by atoms with Gasteiger partial charge >= 0.3 is 0 Å². The predicted octanol–water partition coefficient (Wildman–Crippen LogP) is 6.36. The first kappa shape index (κ1) is 25.0. The van der Waals surface area contributed by atoms with E-state index in [0.29, 0.717) is 0 Å². The van der Waals surface area contributed by atoms with E-state index in [0.717, 1.165) is 27.8 Å². The number of nitrogens with one attached hydrogen (secondary N) is 1. The molecular formula is C28H35NO3S. The van der Waals surface area contributed by atoms with Crippen molar-refractivity contribution in [3.05, 3.63) is 94.5 Å². The predicted molar refractivity (Wildman–Crippen MR) is 135 cm³/mol. The molecule has 3 aromatic carbocycles. The highest BCUT2D eigenvalue weighted by Gasteiger charge is 2.30. The first-order chi connectivity index (χ1) is 15.2. The number of phenols is 1. The maximum absolute atomic E-state index is 13.4. The summed E-state index contributed by atoms with van der Waals surface area (Å²) in [5.41, 5.74) is 3.56. The average molecular weight is 466 g/mol. The van der Waals surface area contributed by atoms with Crippen LogP contribution in [0.3, 0.4) is 0 Å². The number of benzene rings is 3. The molecule has 0 heterocycles. The van der Waals surface area contributed by atoms with Crippen LogP contribution in [-0.4, -0.2) is 13.5 Å². The molecule has 0 amide bonds. The van der Waals surface area contributed by atoms with E-state index in [1.165, 1.54) is 0 Å². The van der Waals surface area contributed by atoms with Gasteiger partial charge < -0.3 is 5.11 Å². The van der Waals surface area contributed by atoms with Crippen molar-refractivity contribution in [1.29, 1.82) is 0 Å². The quantitative estimate of drug-likeness (QED) is 0.460. The first-order valence-corrected chi connectivity index (χ1v) is 12.7. The Hall–Kier alpha value is -2.63. The Morgan fingerprint density at radius 3 is 1.70 bits per heavy atom. The van der Waals surface area contributed by atoms with Crippen LogP contribution < -0.4 is 4.72 Å². The summed E-state index contributed by atoms with van der Waals surface area (Å²) in [6, 6.07) is 19.6. The zero-order valence-corrected chi connectivity index (χ0v) is 21.4. The minimum atomic E-state index is -3.79. The summed E-state index contributed by atoms with van der Waals surface area (Å²) in [6.07, 6.45) is 0. The van der Waals surface area contributed by atoms with Gasteiger partial charge in [-0.15, -0.1) is 0 Å². The molecule has 4 nitrogen and oxygen atoms in total. The van der Waals surface area contributed by atoms with Gasteiger partial charge in [0.05, 0.1) is 10.9 Å². The average Bonchev–Trinajstić information content (AvgIpc) is 2.71. The Bertz CT molecular complexity index is 1180. The van der Waals surface area contributed by atoms with E-state index >= 15 is 0 Å². The van der Waals surface area contributed by atoms with E-state index in [-0.39, 0.29) is 21.5 Å². The molecule has 0 fully saturated rings. The molecule has 176 valence electrons. The van der Waals surface area contributed by atoms with Gasteiger partial charge in [-0.3, -0.25) is 0 Å². The summed E-state index contributed by atoms with van der Waals surface area (Å²) in [7, 11) is -3.79. The van der Waals surface area contributed by atoms with E-state index in [9.17, 15) is 13.5 Å². The molecule has 5 heteroatoms. The van der Waals surface area contributed by atoms with Gasteiger partial charge in [-0.2, -0.15) is 4.72 Å². The summed E-state index contributed by atoms with van der Waals surface area (Å²) in [5.74, 6) is 0.270. The van der Waals surface area contributed by atoms with Gasteiger partial charge in [0.15, 0.2) is 0 Å². The topological polar surface area (TPSA) is 66.4 Å². The van der Waals surface area contributed by atoms with Gasteiger partial charge in [0.25, 0.3) is 0 Å². The zero-order valence-electron chi connectivity index (χ0n) is 20.6. The Labute approximate surface area is 198 Å². The first-order valence-electron chi connectivity index (χ1n) is 11.2. The fourth-order valence-corrected chi connectivity index (χ4v) is 5.09. The number of aromatic hydroxyl groups is 1. The van der Waals surface area contributed by atoms with E-state index in [1.54, 1.807) is 24.3 Å². The molecule has 0 aromatic heterocycles. The number of aryl methyl sites for hydroxylation is 1. The zero-order chi connectivity index (χ0) is 24.6. The van der Waals surface area contributed by atoms with Gasteiger partial charge in [0.1, 0.15) is 5.75 Å². The monoisotopic (exact) mass is 465 g/mol. The highest BCUT2D eigenvalue weighted by Crippen LogP contribution is 2.42. The second kappa shape index (κ2) is 8.96.